The molecule has 1 aromatic rings. The molecule has 3 rings (SSSR count). The van der Waals surface area contributed by atoms with E-state index in [1.165, 1.54) is 19.4 Å². The van der Waals surface area contributed by atoms with Gasteiger partial charge in [-0.25, -0.2) is 0 Å². The monoisotopic (exact) mass is 263 g/mol. The first-order chi connectivity index (χ1) is 9.24. The number of hydrogen-bond acceptors (Lipinski definition) is 6. The summed E-state index contributed by atoms with van der Waals surface area (Å²) in [6.07, 6.45) is 2.83. The topological polar surface area (TPSA) is 67.5 Å². The van der Waals surface area contributed by atoms with Crippen LogP contribution in [-0.2, 0) is 0 Å². The predicted octanol–water partition coefficient (Wildman–Crippen LogP) is 0.599. The summed E-state index contributed by atoms with van der Waals surface area (Å²) in [6.45, 7) is 5.45. The predicted molar refractivity (Wildman–Crippen MR) is 74.4 cm³/mol. The lowest BCUT2D eigenvalue weighted by Crippen LogP contribution is -2.47. The summed E-state index contributed by atoms with van der Waals surface area (Å²) in [5.74, 6) is 2.63. The molecule has 1 aliphatic heterocycles. The number of aromatic nitrogens is 2. The fraction of sp³-hybridized carbons (Fsp3) is 0.692. The van der Waals surface area contributed by atoms with Gasteiger partial charge in [0.25, 0.3) is 0 Å². The highest BCUT2D eigenvalue weighted by molar-refractivity contribution is 5.45. The molecule has 0 atom stereocenters. The molecule has 2 N–H and O–H groups in total. The molecular weight excluding hydrogens is 242 g/mol. The Bertz CT molecular complexity index is 441. The fourth-order valence-electron chi connectivity index (χ4n) is 2.52. The van der Waals surface area contributed by atoms with Crippen LogP contribution in [0.25, 0.3) is 0 Å². The molecule has 6 nitrogen and oxygen atoms in total. The fourth-order valence-corrected chi connectivity index (χ4v) is 2.52. The first kappa shape index (κ1) is 12.5. The molecule has 104 valence electrons. The van der Waals surface area contributed by atoms with E-state index in [9.17, 15) is 0 Å². The highest BCUT2D eigenvalue weighted by atomic mass is 16.5. The second-order valence-corrected chi connectivity index (χ2v) is 5.36. The molecule has 6 heteroatoms. The van der Waals surface area contributed by atoms with Crippen LogP contribution in [-0.4, -0.2) is 54.7 Å². The molecule has 1 saturated heterocycles. The Labute approximate surface area is 113 Å². The van der Waals surface area contributed by atoms with Gasteiger partial charge in [-0.05, 0) is 18.8 Å². The first-order valence-electron chi connectivity index (χ1n) is 6.90. The van der Waals surface area contributed by atoms with Crippen LogP contribution in [0.5, 0.6) is 5.88 Å². The van der Waals surface area contributed by atoms with Crippen molar-refractivity contribution in [1.82, 2.24) is 14.9 Å². The van der Waals surface area contributed by atoms with Gasteiger partial charge in [-0.2, -0.15) is 9.97 Å². The maximum Gasteiger partial charge on any atom is 0.225 e. The van der Waals surface area contributed by atoms with Gasteiger partial charge in [-0.15, -0.1) is 0 Å². The van der Waals surface area contributed by atoms with E-state index in [-0.39, 0.29) is 5.95 Å². The van der Waals surface area contributed by atoms with E-state index in [0.29, 0.717) is 5.88 Å². The Morgan fingerprint density at radius 3 is 2.63 bits per heavy atom. The average Bonchev–Trinajstić information content (AvgIpc) is 3.23. The summed E-state index contributed by atoms with van der Waals surface area (Å²) in [6, 6.07) is 1.85. The molecule has 2 aliphatic rings. The molecule has 19 heavy (non-hydrogen) atoms. The second-order valence-electron chi connectivity index (χ2n) is 5.36. The van der Waals surface area contributed by atoms with Crippen molar-refractivity contribution in [3.8, 4) is 5.88 Å². The first-order valence-corrected chi connectivity index (χ1v) is 6.90. The maximum atomic E-state index is 5.70. The summed E-state index contributed by atoms with van der Waals surface area (Å²) < 4.78 is 5.14. The third-order valence-electron chi connectivity index (χ3n) is 3.83. The van der Waals surface area contributed by atoms with Crippen LogP contribution in [0, 0.1) is 5.92 Å². The van der Waals surface area contributed by atoms with E-state index in [0.717, 1.165) is 37.9 Å². The number of nitrogens with two attached hydrogens (primary N) is 1. The van der Waals surface area contributed by atoms with Gasteiger partial charge in [0.15, 0.2) is 0 Å². The van der Waals surface area contributed by atoms with E-state index in [4.69, 9.17) is 10.5 Å². The molecule has 2 fully saturated rings. The van der Waals surface area contributed by atoms with E-state index < -0.39 is 0 Å². The van der Waals surface area contributed by atoms with Gasteiger partial charge < -0.3 is 15.4 Å². The van der Waals surface area contributed by atoms with E-state index in [1.807, 2.05) is 6.07 Å². The van der Waals surface area contributed by atoms with Crippen molar-refractivity contribution < 1.29 is 4.74 Å². The molecule has 0 amide bonds. The zero-order valence-electron chi connectivity index (χ0n) is 11.4. The molecule has 1 aliphatic carbocycles. The van der Waals surface area contributed by atoms with Gasteiger partial charge in [0.05, 0.1) is 7.11 Å². The van der Waals surface area contributed by atoms with Crippen LogP contribution in [0.15, 0.2) is 6.07 Å². The summed E-state index contributed by atoms with van der Waals surface area (Å²) in [7, 11) is 1.60. The summed E-state index contributed by atoms with van der Waals surface area (Å²) in [5, 5.41) is 0. The largest absolute Gasteiger partial charge is 0.481 e. The molecule has 1 saturated carbocycles. The lowest BCUT2D eigenvalue weighted by atomic mass is 10.3. The van der Waals surface area contributed by atoms with Gasteiger partial charge in [0.1, 0.15) is 5.82 Å². The SMILES string of the molecule is COc1cc(N2CCN(CC3CC3)CC2)nc(N)n1. The Morgan fingerprint density at radius 1 is 1.26 bits per heavy atom. The zero-order valence-corrected chi connectivity index (χ0v) is 11.4. The van der Waals surface area contributed by atoms with Crippen molar-refractivity contribution in [3.05, 3.63) is 6.07 Å². The molecule has 0 unspecified atom stereocenters. The normalized spacial score (nSPS) is 20.6. The lowest BCUT2D eigenvalue weighted by molar-refractivity contribution is 0.247. The number of rotatable bonds is 4. The van der Waals surface area contributed by atoms with Gasteiger partial charge in [0, 0.05) is 38.8 Å². The highest BCUT2D eigenvalue weighted by Gasteiger charge is 2.26. The van der Waals surface area contributed by atoms with E-state index >= 15 is 0 Å². The molecular formula is C13H21N5O. The summed E-state index contributed by atoms with van der Waals surface area (Å²) in [4.78, 5) is 13.1. The minimum absolute atomic E-state index is 0.273. The lowest BCUT2D eigenvalue weighted by Gasteiger charge is -2.35. The van der Waals surface area contributed by atoms with Crippen LogP contribution < -0.4 is 15.4 Å². The molecule has 0 aromatic carbocycles. The quantitative estimate of drug-likeness (QED) is 0.858. The van der Waals surface area contributed by atoms with Crippen molar-refractivity contribution in [3.63, 3.8) is 0 Å². The van der Waals surface area contributed by atoms with E-state index in [1.54, 1.807) is 7.11 Å². The van der Waals surface area contributed by atoms with Crippen LogP contribution in [0.3, 0.4) is 0 Å². The van der Waals surface area contributed by atoms with Crippen molar-refractivity contribution in [1.29, 1.82) is 0 Å². The van der Waals surface area contributed by atoms with Crippen LogP contribution in [0.4, 0.5) is 11.8 Å². The Balaban J connectivity index is 1.62. The Morgan fingerprint density at radius 2 is 2.00 bits per heavy atom. The van der Waals surface area contributed by atoms with Gasteiger partial charge in [0.2, 0.25) is 11.8 Å². The smallest absolute Gasteiger partial charge is 0.225 e. The van der Waals surface area contributed by atoms with Gasteiger partial charge in [-0.1, -0.05) is 0 Å². The Hall–Kier alpha value is -1.56. The highest BCUT2D eigenvalue weighted by Crippen LogP contribution is 2.30. The third-order valence-corrected chi connectivity index (χ3v) is 3.83. The molecule has 1 aromatic heterocycles. The zero-order chi connectivity index (χ0) is 13.2. The minimum Gasteiger partial charge on any atom is -0.481 e. The number of nitrogens with zero attached hydrogens (tertiary/aromatic N) is 4. The summed E-state index contributed by atoms with van der Waals surface area (Å²) in [5.41, 5.74) is 5.70. The number of anilines is 2. The van der Waals surface area contributed by atoms with Gasteiger partial charge in [-0.3, -0.25) is 4.90 Å². The van der Waals surface area contributed by atoms with Crippen molar-refractivity contribution in [2.45, 2.75) is 12.8 Å². The average molecular weight is 263 g/mol. The standard InChI is InChI=1S/C13H21N5O/c1-19-12-8-11(15-13(14)16-12)18-6-4-17(5-7-18)9-10-2-3-10/h8,10H,2-7,9H2,1H3,(H2,14,15,16). The van der Waals surface area contributed by atoms with Gasteiger partial charge >= 0.3 is 0 Å². The second kappa shape index (κ2) is 5.21. The number of methoxy groups -OCH3 is 1. The molecule has 0 spiro atoms. The molecule has 0 radical (unpaired) electrons. The number of ether oxygens (including phenoxy) is 1. The molecule has 0 bridgehead atoms. The maximum absolute atomic E-state index is 5.70. The van der Waals surface area contributed by atoms with Crippen LogP contribution in [0.2, 0.25) is 0 Å². The van der Waals surface area contributed by atoms with Crippen LogP contribution in [0.1, 0.15) is 12.8 Å². The molecule has 2 heterocycles. The summed E-state index contributed by atoms with van der Waals surface area (Å²) >= 11 is 0. The minimum atomic E-state index is 0.273. The number of hydrogen-bond donors (Lipinski definition) is 1. The van der Waals surface area contributed by atoms with Crippen molar-refractivity contribution in [2.24, 2.45) is 5.92 Å². The van der Waals surface area contributed by atoms with Crippen molar-refractivity contribution >= 4 is 11.8 Å². The van der Waals surface area contributed by atoms with E-state index in [2.05, 4.69) is 19.8 Å². The third kappa shape index (κ3) is 3.07. The Kier molecular flexibility index (Phi) is 3.42. The number of piperazine rings is 1. The number of nitrogen functional groups attached to an aromatic ring is 1. The van der Waals surface area contributed by atoms with Crippen LogP contribution >= 0.6 is 0 Å². The van der Waals surface area contributed by atoms with Crippen molar-refractivity contribution in [2.75, 3.05) is 50.5 Å².